The van der Waals surface area contributed by atoms with Gasteiger partial charge in [-0.05, 0) is 66.2 Å². The fourth-order valence-corrected chi connectivity index (χ4v) is 4.26. The summed E-state index contributed by atoms with van der Waals surface area (Å²) in [5.74, 6) is -2.94. The molecule has 0 radical (unpaired) electrons. The van der Waals surface area contributed by atoms with Gasteiger partial charge in [-0.25, -0.2) is 8.78 Å². The van der Waals surface area contributed by atoms with Crippen LogP contribution in [0.4, 0.5) is 22.0 Å². The van der Waals surface area contributed by atoms with Crippen LogP contribution in [0.5, 0.6) is 0 Å². The third-order valence-corrected chi connectivity index (χ3v) is 5.86. The number of aromatic nitrogens is 1. The van der Waals surface area contributed by atoms with Crippen molar-refractivity contribution in [3.8, 4) is 0 Å². The minimum atomic E-state index is -4.52. The Morgan fingerprint density at radius 1 is 1.06 bits per heavy atom. The maximum absolute atomic E-state index is 14.6. The number of thioether (sulfide) groups is 1. The number of carboxylic acid groups (broad SMARTS) is 1. The molecule has 0 saturated heterocycles. The van der Waals surface area contributed by atoms with Gasteiger partial charge in [-0.15, -0.1) is 11.8 Å². The quantitative estimate of drug-likeness (QED) is 0.257. The van der Waals surface area contributed by atoms with Crippen LogP contribution in [0.3, 0.4) is 0 Å². The molecule has 3 aromatic rings. The third-order valence-electron chi connectivity index (χ3n) is 4.25. The van der Waals surface area contributed by atoms with Crippen LogP contribution in [0.1, 0.15) is 27.6 Å². The number of benzene rings is 2. The maximum atomic E-state index is 14.6. The number of alkyl halides is 3. The molecule has 1 unspecified atom stereocenters. The van der Waals surface area contributed by atoms with E-state index in [2.05, 4.69) is 4.98 Å². The van der Waals surface area contributed by atoms with E-state index in [1.807, 2.05) is 0 Å². The molecule has 3 nitrogen and oxygen atoms in total. The average Bonchev–Trinajstić information content (AvgIpc) is 2.73. The second-order valence-electron chi connectivity index (χ2n) is 6.47. The van der Waals surface area contributed by atoms with Gasteiger partial charge >= 0.3 is 6.18 Å². The highest BCUT2D eigenvalue weighted by Crippen LogP contribution is 2.44. The first-order valence-electron chi connectivity index (χ1n) is 8.88. The molecule has 0 aliphatic heterocycles. The van der Waals surface area contributed by atoms with Gasteiger partial charge in [0.2, 0.25) is 0 Å². The summed E-state index contributed by atoms with van der Waals surface area (Å²) in [5.41, 5.74) is -0.540. The average molecular weight is 485 g/mol. The first-order valence-corrected chi connectivity index (χ1v) is 10.1. The van der Waals surface area contributed by atoms with Crippen molar-refractivity contribution in [1.29, 1.82) is 0 Å². The Morgan fingerprint density at radius 2 is 1.75 bits per heavy atom. The SMILES string of the molecule is O=C([O-])/C=C/c1cc(C(Sc2ccc(C(F)(F)F)cc2)c2cc(F)ccc2F)c(Cl)cn1. The molecule has 1 aromatic heterocycles. The van der Waals surface area contributed by atoms with E-state index in [-0.39, 0.29) is 21.8 Å². The lowest BCUT2D eigenvalue weighted by Crippen LogP contribution is -2.18. The molecular weight excluding hydrogens is 473 g/mol. The van der Waals surface area contributed by atoms with Crippen LogP contribution < -0.4 is 5.11 Å². The van der Waals surface area contributed by atoms with Gasteiger partial charge in [0.05, 0.1) is 27.5 Å². The van der Waals surface area contributed by atoms with E-state index >= 15 is 0 Å². The van der Waals surface area contributed by atoms with Gasteiger partial charge in [0.1, 0.15) is 11.6 Å². The van der Waals surface area contributed by atoms with Crippen LogP contribution in [0.15, 0.2) is 65.7 Å². The molecule has 0 spiro atoms. The lowest BCUT2D eigenvalue weighted by molar-refractivity contribution is -0.297. The van der Waals surface area contributed by atoms with Gasteiger partial charge in [0.15, 0.2) is 0 Å². The normalized spacial score (nSPS) is 12.8. The van der Waals surface area contributed by atoms with E-state index in [4.69, 9.17) is 11.6 Å². The predicted molar refractivity (Wildman–Crippen MR) is 109 cm³/mol. The number of nitrogens with zero attached hydrogens (tertiary/aromatic N) is 1. The van der Waals surface area contributed by atoms with E-state index in [9.17, 15) is 31.9 Å². The lowest BCUT2D eigenvalue weighted by atomic mass is 10.0. The molecule has 10 heteroatoms. The Hall–Kier alpha value is -2.91. The zero-order chi connectivity index (χ0) is 23.5. The second kappa shape index (κ2) is 9.70. The fourth-order valence-electron chi connectivity index (χ4n) is 2.79. The monoisotopic (exact) mass is 484 g/mol. The zero-order valence-electron chi connectivity index (χ0n) is 15.9. The Balaban J connectivity index is 2.09. The molecule has 1 atom stereocenters. The highest BCUT2D eigenvalue weighted by Gasteiger charge is 2.30. The molecule has 0 bridgehead atoms. The third kappa shape index (κ3) is 5.86. The van der Waals surface area contributed by atoms with E-state index in [1.165, 1.54) is 24.4 Å². The van der Waals surface area contributed by atoms with Gasteiger partial charge in [0, 0.05) is 16.7 Å². The molecule has 1 heterocycles. The fraction of sp³-hybridized carbons (Fsp3) is 0.0909. The molecule has 32 heavy (non-hydrogen) atoms. The molecule has 0 N–H and O–H groups in total. The van der Waals surface area contributed by atoms with E-state index in [0.717, 1.165) is 54.2 Å². The van der Waals surface area contributed by atoms with Gasteiger partial charge in [-0.2, -0.15) is 13.2 Å². The largest absolute Gasteiger partial charge is 0.545 e. The van der Waals surface area contributed by atoms with Gasteiger partial charge in [-0.1, -0.05) is 11.6 Å². The van der Waals surface area contributed by atoms with Crippen LogP contribution in [0, 0.1) is 11.6 Å². The smallest absolute Gasteiger partial charge is 0.416 e. The number of pyridine rings is 1. The number of rotatable bonds is 6. The summed E-state index contributed by atoms with van der Waals surface area (Å²) in [6.07, 6.45) is -1.44. The highest BCUT2D eigenvalue weighted by molar-refractivity contribution is 7.99. The number of halogens is 6. The maximum Gasteiger partial charge on any atom is 0.416 e. The summed E-state index contributed by atoms with van der Waals surface area (Å²) in [6.45, 7) is 0. The molecule has 166 valence electrons. The van der Waals surface area contributed by atoms with Crippen LogP contribution in [0.2, 0.25) is 5.02 Å². The molecule has 0 fully saturated rings. The van der Waals surface area contributed by atoms with Crippen molar-refractivity contribution in [1.82, 2.24) is 4.98 Å². The Bertz CT molecular complexity index is 1170. The van der Waals surface area contributed by atoms with Gasteiger partial charge < -0.3 is 9.90 Å². The van der Waals surface area contributed by atoms with E-state index in [1.54, 1.807) is 0 Å². The standard InChI is InChI=1S/C22H13ClF5NO2S/c23-18-11-29-14(4-8-20(30)31)10-16(18)21(17-9-13(24)3-7-19(17)25)32-15-5-1-12(2-6-15)22(26,27)28/h1-11,21H,(H,30,31)/p-1/b8-4+. The molecule has 0 amide bonds. The summed E-state index contributed by atoms with van der Waals surface area (Å²) in [6, 6.07) is 8.39. The number of hydrogen-bond donors (Lipinski definition) is 0. The summed E-state index contributed by atoms with van der Waals surface area (Å²) in [7, 11) is 0. The highest BCUT2D eigenvalue weighted by atomic mass is 35.5. The summed E-state index contributed by atoms with van der Waals surface area (Å²) in [5, 5.41) is 9.77. The first kappa shape index (κ1) is 23.7. The summed E-state index contributed by atoms with van der Waals surface area (Å²) >= 11 is 7.20. The van der Waals surface area contributed by atoms with Gasteiger partial charge in [0.25, 0.3) is 0 Å². The van der Waals surface area contributed by atoms with Crippen LogP contribution in [0.25, 0.3) is 6.08 Å². The van der Waals surface area contributed by atoms with Crippen molar-refractivity contribution in [2.75, 3.05) is 0 Å². The van der Waals surface area contributed by atoms with Crippen molar-refractivity contribution in [2.45, 2.75) is 16.3 Å². The predicted octanol–water partition coefficient (Wildman–Crippen LogP) is 5.68. The summed E-state index contributed by atoms with van der Waals surface area (Å²) in [4.78, 5) is 15.0. The summed E-state index contributed by atoms with van der Waals surface area (Å²) < 4.78 is 67.1. The first-order chi connectivity index (χ1) is 15.0. The Kier molecular flexibility index (Phi) is 7.20. The molecular formula is C22H12ClF5NO2S-. The minimum absolute atomic E-state index is 0.0728. The minimum Gasteiger partial charge on any atom is -0.545 e. The number of carbonyl (C=O) groups is 1. The number of aliphatic carboxylic acids is 1. The Morgan fingerprint density at radius 3 is 2.38 bits per heavy atom. The van der Waals surface area contributed by atoms with E-state index < -0.39 is 34.6 Å². The molecule has 2 aromatic carbocycles. The molecule has 0 aliphatic rings. The van der Waals surface area contributed by atoms with Crippen LogP contribution >= 0.6 is 23.4 Å². The van der Waals surface area contributed by atoms with Crippen molar-refractivity contribution >= 4 is 35.4 Å². The Labute approximate surface area is 188 Å². The second-order valence-corrected chi connectivity index (χ2v) is 8.05. The molecule has 0 aliphatic carbocycles. The number of hydrogen-bond acceptors (Lipinski definition) is 4. The van der Waals surface area contributed by atoms with Crippen LogP contribution in [-0.2, 0) is 11.0 Å². The van der Waals surface area contributed by atoms with Crippen molar-refractivity contribution in [3.05, 3.63) is 99.8 Å². The zero-order valence-corrected chi connectivity index (χ0v) is 17.4. The lowest BCUT2D eigenvalue weighted by Gasteiger charge is -2.20. The van der Waals surface area contributed by atoms with Gasteiger partial charge in [-0.3, -0.25) is 4.98 Å². The van der Waals surface area contributed by atoms with Crippen molar-refractivity contribution in [2.24, 2.45) is 0 Å². The topological polar surface area (TPSA) is 53.0 Å². The molecule has 0 saturated carbocycles. The number of carboxylic acids is 1. The van der Waals surface area contributed by atoms with Crippen molar-refractivity contribution in [3.63, 3.8) is 0 Å². The molecule has 3 rings (SSSR count). The number of carbonyl (C=O) groups excluding carboxylic acids is 1. The van der Waals surface area contributed by atoms with Crippen LogP contribution in [-0.4, -0.2) is 11.0 Å². The van der Waals surface area contributed by atoms with Crippen molar-refractivity contribution < 1.29 is 31.9 Å². The van der Waals surface area contributed by atoms with E-state index in [0.29, 0.717) is 4.90 Å².